The second kappa shape index (κ2) is 6.18. The van der Waals surface area contributed by atoms with Crippen LogP contribution in [0.5, 0.6) is 0 Å². The van der Waals surface area contributed by atoms with Crippen LogP contribution in [0.1, 0.15) is 6.92 Å². The zero-order valence-corrected chi connectivity index (χ0v) is 12.2. The van der Waals surface area contributed by atoms with E-state index in [0.29, 0.717) is 20.3 Å². The van der Waals surface area contributed by atoms with Crippen LogP contribution in [0, 0.1) is 0 Å². The maximum absolute atomic E-state index is 11.9. The summed E-state index contributed by atoms with van der Waals surface area (Å²) in [5, 5.41) is 10.8. The van der Waals surface area contributed by atoms with Gasteiger partial charge < -0.3 is 11.1 Å². The molecule has 0 unspecified atom stereocenters. The molecule has 6 nitrogen and oxygen atoms in total. The van der Waals surface area contributed by atoms with Crippen LogP contribution in [0.4, 0.5) is 10.9 Å². The minimum absolute atomic E-state index is 0.173. The molecule has 9 heteroatoms. The Morgan fingerprint density at radius 3 is 2.89 bits per heavy atom. The number of amides is 1. The molecule has 0 spiro atoms. The van der Waals surface area contributed by atoms with Gasteiger partial charge in [-0.05, 0) is 19.1 Å². The van der Waals surface area contributed by atoms with E-state index in [2.05, 4.69) is 20.5 Å². The molecule has 100 valence electrons. The van der Waals surface area contributed by atoms with Gasteiger partial charge in [-0.15, -0.1) is 10.2 Å². The number of nitrogens with one attached hydrogen (secondary N) is 1. The lowest BCUT2D eigenvalue weighted by atomic mass is 10.4. The molecular weight excluding hydrogens is 306 g/mol. The quantitative estimate of drug-likeness (QED) is 0.841. The van der Waals surface area contributed by atoms with Gasteiger partial charge in [0.2, 0.25) is 11.0 Å². The molecule has 0 aliphatic rings. The Bertz CT molecular complexity index is 574. The second-order valence-corrected chi connectivity index (χ2v) is 6.55. The van der Waals surface area contributed by atoms with E-state index < -0.39 is 0 Å². The van der Waals surface area contributed by atoms with Crippen LogP contribution in [0.3, 0.4) is 0 Å². The molecule has 0 radical (unpaired) electrons. The summed E-state index contributed by atoms with van der Waals surface area (Å²) >= 11 is 8.26. The van der Waals surface area contributed by atoms with Crippen LogP contribution in [-0.2, 0) is 4.79 Å². The molecule has 0 saturated carbocycles. The molecule has 2 rings (SSSR count). The van der Waals surface area contributed by atoms with Crippen LogP contribution in [0.25, 0.3) is 0 Å². The van der Waals surface area contributed by atoms with Crippen molar-refractivity contribution in [2.24, 2.45) is 0 Å². The van der Waals surface area contributed by atoms with Crippen molar-refractivity contribution in [2.75, 3.05) is 11.1 Å². The number of halogens is 1. The molecule has 0 aliphatic carbocycles. The Morgan fingerprint density at radius 1 is 1.53 bits per heavy atom. The maximum Gasteiger partial charge on any atom is 0.238 e. The number of hydrogen-bond acceptors (Lipinski definition) is 7. The highest BCUT2D eigenvalue weighted by molar-refractivity contribution is 8.02. The standard InChI is InChI=1S/C10H10ClN5OS2/c1-5(18-10-16-15-9(12)19-10)8(17)14-7-3-2-6(11)4-13-7/h2-5H,1H3,(H2,12,15)(H,13,14,17)/t5-/m0/s1. The molecule has 0 aromatic carbocycles. The topological polar surface area (TPSA) is 93.8 Å². The monoisotopic (exact) mass is 315 g/mol. The lowest BCUT2D eigenvalue weighted by Gasteiger charge is -2.09. The summed E-state index contributed by atoms with van der Waals surface area (Å²) in [6.45, 7) is 1.77. The Balaban J connectivity index is 1.94. The number of carbonyl (C=O) groups is 1. The van der Waals surface area contributed by atoms with Gasteiger partial charge in [0.1, 0.15) is 5.82 Å². The fourth-order valence-electron chi connectivity index (χ4n) is 1.15. The van der Waals surface area contributed by atoms with Crippen LogP contribution in [0.15, 0.2) is 22.7 Å². The Hall–Kier alpha value is -1.38. The van der Waals surface area contributed by atoms with Gasteiger partial charge in [0, 0.05) is 6.20 Å². The predicted molar refractivity (Wildman–Crippen MR) is 77.5 cm³/mol. The van der Waals surface area contributed by atoms with E-state index in [0.717, 1.165) is 0 Å². The third-order valence-corrected chi connectivity index (χ3v) is 4.21. The Morgan fingerprint density at radius 2 is 2.32 bits per heavy atom. The average Bonchev–Trinajstić information content (AvgIpc) is 2.77. The highest BCUT2D eigenvalue weighted by atomic mass is 35.5. The summed E-state index contributed by atoms with van der Waals surface area (Å²) in [5.41, 5.74) is 5.48. The number of nitrogen functional groups attached to an aromatic ring is 1. The molecule has 1 atom stereocenters. The van der Waals surface area contributed by atoms with E-state index in [1.165, 1.54) is 29.3 Å². The molecule has 0 saturated heterocycles. The number of carbonyl (C=O) groups excluding carboxylic acids is 1. The van der Waals surface area contributed by atoms with E-state index in [1.54, 1.807) is 19.1 Å². The number of pyridine rings is 1. The highest BCUT2D eigenvalue weighted by Gasteiger charge is 2.17. The zero-order chi connectivity index (χ0) is 13.8. The molecule has 2 aromatic heterocycles. The van der Waals surface area contributed by atoms with E-state index in [1.807, 2.05) is 0 Å². The van der Waals surface area contributed by atoms with E-state index in [-0.39, 0.29) is 11.2 Å². The number of rotatable bonds is 4. The van der Waals surface area contributed by atoms with Crippen LogP contribution >= 0.6 is 34.7 Å². The van der Waals surface area contributed by atoms with Crippen molar-refractivity contribution in [1.82, 2.24) is 15.2 Å². The second-order valence-electron chi connectivity index (χ2n) is 3.52. The summed E-state index contributed by atoms with van der Waals surface area (Å²) in [4.78, 5) is 15.9. The van der Waals surface area contributed by atoms with Gasteiger partial charge in [-0.2, -0.15) is 0 Å². The van der Waals surface area contributed by atoms with Crippen LogP contribution in [0.2, 0.25) is 5.02 Å². The molecular formula is C10H10ClN5OS2. The molecule has 19 heavy (non-hydrogen) atoms. The minimum Gasteiger partial charge on any atom is -0.374 e. The van der Waals surface area contributed by atoms with Crippen molar-refractivity contribution in [3.63, 3.8) is 0 Å². The first-order chi connectivity index (χ1) is 9.04. The largest absolute Gasteiger partial charge is 0.374 e. The number of nitrogens with zero attached hydrogens (tertiary/aromatic N) is 3. The SMILES string of the molecule is C[C@H](Sc1nnc(N)s1)C(=O)Nc1ccc(Cl)cn1. The summed E-state index contributed by atoms with van der Waals surface area (Å²) < 4.78 is 0.657. The molecule has 0 fully saturated rings. The number of nitrogens with two attached hydrogens (primary N) is 1. The molecule has 3 N–H and O–H groups in total. The first kappa shape index (κ1) is 14.0. The first-order valence-electron chi connectivity index (χ1n) is 5.22. The van der Waals surface area contributed by atoms with Gasteiger partial charge in [-0.3, -0.25) is 4.79 Å². The molecule has 0 bridgehead atoms. The maximum atomic E-state index is 11.9. The summed E-state index contributed by atoms with van der Waals surface area (Å²) in [7, 11) is 0. The van der Waals surface area contributed by atoms with E-state index in [9.17, 15) is 4.79 Å². The average molecular weight is 316 g/mol. The van der Waals surface area contributed by atoms with Crippen molar-refractivity contribution in [1.29, 1.82) is 0 Å². The van der Waals surface area contributed by atoms with E-state index >= 15 is 0 Å². The van der Waals surface area contributed by atoms with Crippen molar-refractivity contribution in [2.45, 2.75) is 16.5 Å². The van der Waals surface area contributed by atoms with Gasteiger partial charge in [0.15, 0.2) is 4.34 Å². The fraction of sp³-hybridized carbons (Fsp3) is 0.200. The third kappa shape index (κ3) is 4.05. The molecule has 2 heterocycles. The smallest absolute Gasteiger partial charge is 0.238 e. The van der Waals surface area contributed by atoms with Gasteiger partial charge >= 0.3 is 0 Å². The number of hydrogen-bond donors (Lipinski definition) is 2. The molecule has 2 aromatic rings. The predicted octanol–water partition coefficient (Wildman–Crippen LogP) is 2.29. The summed E-state index contributed by atoms with van der Waals surface area (Å²) in [6.07, 6.45) is 1.47. The lowest BCUT2D eigenvalue weighted by molar-refractivity contribution is -0.115. The van der Waals surface area contributed by atoms with Crippen molar-refractivity contribution in [3.8, 4) is 0 Å². The molecule has 1 amide bonds. The Kier molecular flexibility index (Phi) is 4.56. The van der Waals surface area contributed by atoms with Crippen molar-refractivity contribution >= 4 is 51.6 Å². The third-order valence-electron chi connectivity index (χ3n) is 2.05. The summed E-state index contributed by atoms with van der Waals surface area (Å²) in [6, 6.07) is 3.30. The van der Waals surface area contributed by atoms with Gasteiger partial charge in [-0.25, -0.2) is 4.98 Å². The van der Waals surface area contributed by atoms with E-state index in [4.69, 9.17) is 17.3 Å². The fourth-order valence-corrected chi connectivity index (χ4v) is 3.04. The normalized spacial score (nSPS) is 12.1. The zero-order valence-electron chi connectivity index (χ0n) is 9.83. The summed E-state index contributed by atoms with van der Waals surface area (Å²) in [5.74, 6) is 0.284. The number of anilines is 2. The van der Waals surface area contributed by atoms with Crippen molar-refractivity contribution < 1.29 is 4.79 Å². The number of aromatic nitrogens is 3. The van der Waals surface area contributed by atoms with Crippen molar-refractivity contribution in [3.05, 3.63) is 23.4 Å². The van der Waals surface area contributed by atoms with Crippen LogP contribution in [-0.4, -0.2) is 26.3 Å². The lowest BCUT2D eigenvalue weighted by Crippen LogP contribution is -2.22. The van der Waals surface area contributed by atoms with Gasteiger partial charge in [0.05, 0.1) is 10.3 Å². The van der Waals surface area contributed by atoms with Gasteiger partial charge in [-0.1, -0.05) is 34.7 Å². The minimum atomic E-state index is -0.329. The highest BCUT2D eigenvalue weighted by Crippen LogP contribution is 2.27. The molecule has 0 aliphatic heterocycles. The van der Waals surface area contributed by atoms with Crippen LogP contribution < -0.4 is 11.1 Å². The first-order valence-corrected chi connectivity index (χ1v) is 7.30. The van der Waals surface area contributed by atoms with Gasteiger partial charge in [0.25, 0.3) is 0 Å². The Labute approximate surface area is 122 Å². The number of thioether (sulfide) groups is 1.